The minimum atomic E-state index is -0.697. The average molecular weight is 569 g/mol. The molecule has 10 heteroatoms. The van der Waals surface area contributed by atoms with Gasteiger partial charge in [-0.3, -0.25) is 14.9 Å². The van der Waals surface area contributed by atoms with Gasteiger partial charge in [-0.15, -0.1) is 0 Å². The molecule has 41 heavy (non-hydrogen) atoms. The summed E-state index contributed by atoms with van der Waals surface area (Å²) in [6, 6.07) is 21.3. The quantitative estimate of drug-likeness (QED) is 0.267. The number of para-hydroxylation sites is 2. The number of fused-ring (bicyclic) bond motifs is 1. The molecule has 6 rings (SSSR count). The van der Waals surface area contributed by atoms with Crippen LogP contribution < -0.4 is 16.0 Å². The molecule has 1 atom stereocenters. The Morgan fingerprint density at radius 1 is 0.976 bits per heavy atom. The lowest BCUT2D eigenvalue weighted by Crippen LogP contribution is -2.37. The van der Waals surface area contributed by atoms with Gasteiger partial charge in [-0.25, -0.2) is 4.99 Å². The smallest absolute Gasteiger partial charge is 0.302 e. The Bertz CT molecular complexity index is 1640. The monoisotopic (exact) mass is 568 g/mol. The van der Waals surface area contributed by atoms with Gasteiger partial charge in [0.05, 0.1) is 5.57 Å². The van der Waals surface area contributed by atoms with Gasteiger partial charge in [0, 0.05) is 40.6 Å². The summed E-state index contributed by atoms with van der Waals surface area (Å²) in [5.74, 6) is 0.0560. The van der Waals surface area contributed by atoms with Crippen LogP contribution in [0.2, 0.25) is 5.02 Å². The lowest BCUT2D eigenvalue weighted by Gasteiger charge is -2.27. The number of piperidine rings is 1. The normalized spacial score (nSPS) is 17.2. The van der Waals surface area contributed by atoms with E-state index in [9.17, 15) is 9.59 Å². The molecule has 4 aromatic rings. The predicted octanol–water partition coefficient (Wildman–Crippen LogP) is 6.13. The Labute approximate surface area is 242 Å². The number of aromatic nitrogens is 1. The topological polar surface area (TPSA) is 112 Å². The van der Waals surface area contributed by atoms with Gasteiger partial charge in [0.25, 0.3) is 11.8 Å². The third-order valence-electron chi connectivity index (χ3n) is 7.24. The maximum absolute atomic E-state index is 13.7. The largest absolute Gasteiger partial charge is 0.423 e. The Balaban J connectivity index is 1.24. The number of hydrogen-bond acceptors (Lipinski definition) is 7. The highest BCUT2D eigenvalue weighted by molar-refractivity contribution is 6.31. The van der Waals surface area contributed by atoms with Crippen molar-refractivity contribution < 1.29 is 14.0 Å². The number of benzene rings is 3. The molecule has 9 nitrogen and oxygen atoms in total. The van der Waals surface area contributed by atoms with Crippen LogP contribution in [0, 0.1) is 0 Å². The zero-order valence-corrected chi connectivity index (χ0v) is 23.2. The first-order chi connectivity index (χ1) is 20.0. The molecule has 1 aromatic heterocycles. The number of carbonyl (C=O) groups excluding carboxylic acids is 2. The molecule has 0 radical (unpaired) electrons. The summed E-state index contributed by atoms with van der Waals surface area (Å²) in [6.07, 6.45) is 3.22. The molecule has 3 aromatic carbocycles. The fraction of sp³-hybridized carbons (Fsp3) is 0.226. The molecule has 208 valence electrons. The zero-order chi connectivity index (χ0) is 28.3. The number of allylic oxidation sites excluding steroid dienone is 1. The molecule has 0 spiro atoms. The molecule has 0 saturated carbocycles. The molecule has 3 N–H and O–H groups in total. The van der Waals surface area contributed by atoms with Crippen molar-refractivity contribution in [1.82, 2.24) is 15.2 Å². The molecule has 1 fully saturated rings. The van der Waals surface area contributed by atoms with Crippen molar-refractivity contribution in [2.45, 2.75) is 32.2 Å². The van der Waals surface area contributed by atoms with Crippen molar-refractivity contribution in [1.29, 1.82) is 0 Å². The van der Waals surface area contributed by atoms with E-state index in [-0.39, 0.29) is 17.8 Å². The minimum absolute atomic E-state index is 0.0182. The maximum Gasteiger partial charge on any atom is 0.302 e. The molecule has 1 unspecified atom stereocenters. The zero-order valence-electron chi connectivity index (χ0n) is 22.5. The van der Waals surface area contributed by atoms with E-state index in [0.717, 1.165) is 32.4 Å². The summed E-state index contributed by atoms with van der Waals surface area (Å²) in [5, 5.41) is 9.71. The number of guanidine groups is 1. The predicted molar refractivity (Wildman–Crippen MR) is 160 cm³/mol. The fourth-order valence-electron chi connectivity index (χ4n) is 5.16. The lowest BCUT2D eigenvalue weighted by atomic mass is 9.95. The van der Waals surface area contributed by atoms with Gasteiger partial charge in [0.15, 0.2) is 5.58 Å². The van der Waals surface area contributed by atoms with Gasteiger partial charge < -0.3 is 20.0 Å². The first-order valence-corrected chi connectivity index (χ1v) is 14.0. The van der Waals surface area contributed by atoms with Gasteiger partial charge in [-0.1, -0.05) is 41.9 Å². The third-order valence-corrected chi connectivity index (χ3v) is 7.58. The number of nitrogens with zero attached hydrogens (tertiary/aromatic N) is 3. The van der Waals surface area contributed by atoms with Crippen LogP contribution in [0.5, 0.6) is 0 Å². The highest BCUT2D eigenvalue weighted by Crippen LogP contribution is 2.35. The molecular formula is C31H29ClN6O3. The minimum Gasteiger partial charge on any atom is -0.423 e. The van der Waals surface area contributed by atoms with E-state index in [4.69, 9.17) is 21.0 Å². The van der Waals surface area contributed by atoms with Crippen molar-refractivity contribution >= 4 is 52.2 Å². The number of amides is 2. The first-order valence-electron chi connectivity index (χ1n) is 13.6. The van der Waals surface area contributed by atoms with E-state index >= 15 is 0 Å². The SMILES string of the molecule is CC1=C(C(=O)Nc2ccc(C(=O)N3CCCCC3)cc2)C(c2ccccc2Cl)N=C(Nc2nc3ccccc3o2)N1. The Hall–Kier alpha value is -4.63. The summed E-state index contributed by atoms with van der Waals surface area (Å²) in [4.78, 5) is 37.7. The Kier molecular flexibility index (Phi) is 7.43. The van der Waals surface area contributed by atoms with E-state index in [1.165, 1.54) is 0 Å². The second-order valence-corrected chi connectivity index (χ2v) is 10.5. The highest BCUT2D eigenvalue weighted by Gasteiger charge is 2.31. The maximum atomic E-state index is 13.7. The van der Waals surface area contributed by atoms with Crippen LogP contribution in [0.25, 0.3) is 11.1 Å². The van der Waals surface area contributed by atoms with E-state index < -0.39 is 6.04 Å². The van der Waals surface area contributed by atoms with Crippen molar-refractivity contribution in [3.05, 3.63) is 100 Å². The van der Waals surface area contributed by atoms with Crippen LogP contribution in [0.4, 0.5) is 11.7 Å². The Morgan fingerprint density at radius 2 is 1.71 bits per heavy atom. The van der Waals surface area contributed by atoms with Gasteiger partial charge >= 0.3 is 6.01 Å². The van der Waals surface area contributed by atoms with Crippen LogP contribution in [0.3, 0.4) is 0 Å². The number of nitrogens with one attached hydrogen (secondary N) is 3. The number of halogens is 1. The molecule has 0 aliphatic carbocycles. The standard InChI is InChI=1S/C31H29ClN6O3/c1-19-26(28(39)34-21-15-13-20(14-16-21)29(40)38-17-7-2-8-18-38)27(22-9-3-4-10-23(22)32)36-30(33-19)37-31-35-24-11-5-6-12-25(24)41-31/h3-6,9-16,27H,2,7-8,17-18H2,1H3,(H,34,39)(H2,33,35,36,37). The van der Waals surface area contributed by atoms with E-state index in [1.54, 1.807) is 30.3 Å². The molecule has 3 heterocycles. The van der Waals surface area contributed by atoms with E-state index in [0.29, 0.717) is 50.2 Å². The lowest BCUT2D eigenvalue weighted by molar-refractivity contribution is -0.113. The summed E-state index contributed by atoms with van der Waals surface area (Å²) in [5.41, 5.74) is 4.22. The molecule has 1 saturated heterocycles. The van der Waals surface area contributed by atoms with E-state index in [2.05, 4.69) is 20.9 Å². The van der Waals surface area contributed by atoms with Gasteiger partial charge in [-0.2, -0.15) is 4.98 Å². The van der Waals surface area contributed by atoms with Crippen LogP contribution in [-0.2, 0) is 4.79 Å². The fourth-order valence-corrected chi connectivity index (χ4v) is 5.40. The van der Waals surface area contributed by atoms with Crippen molar-refractivity contribution in [2.75, 3.05) is 23.7 Å². The van der Waals surface area contributed by atoms with Gasteiger partial charge in [0.1, 0.15) is 11.6 Å². The number of aliphatic imine (C=N–C) groups is 1. The van der Waals surface area contributed by atoms with Crippen molar-refractivity contribution in [3.8, 4) is 0 Å². The summed E-state index contributed by atoms with van der Waals surface area (Å²) in [6.45, 7) is 3.37. The third kappa shape index (κ3) is 5.67. The molecule has 2 amide bonds. The molecule has 0 bridgehead atoms. The van der Waals surface area contributed by atoms with Crippen LogP contribution >= 0.6 is 11.6 Å². The molecule has 2 aliphatic rings. The van der Waals surface area contributed by atoms with Gasteiger partial charge in [0.2, 0.25) is 5.96 Å². The van der Waals surface area contributed by atoms with Crippen molar-refractivity contribution in [3.63, 3.8) is 0 Å². The number of oxazole rings is 1. The average Bonchev–Trinajstić information content (AvgIpc) is 3.40. The molecule has 2 aliphatic heterocycles. The Morgan fingerprint density at radius 3 is 2.46 bits per heavy atom. The first kappa shape index (κ1) is 26.6. The number of likely N-dealkylation sites (tertiary alicyclic amines) is 1. The summed E-state index contributed by atoms with van der Waals surface area (Å²) in [7, 11) is 0. The van der Waals surface area contributed by atoms with Crippen LogP contribution in [0.1, 0.15) is 48.1 Å². The number of anilines is 2. The molecular weight excluding hydrogens is 540 g/mol. The number of carbonyl (C=O) groups is 2. The van der Waals surface area contributed by atoms with Crippen LogP contribution in [0.15, 0.2) is 93.5 Å². The second kappa shape index (κ2) is 11.5. The van der Waals surface area contributed by atoms with Gasteiger partial charge in [-0.05, 0) is 68.7 Å². The number of hydrogen-bond donors (Lipinski definition) is 3. The second-order valence-electron chi connectivity index (χ2n) is 10.1. The summed E-state index contributed by atoms with van der Waals surface area (Å²) >= 11 is 6.58. The van der Waals surface area contributed by atoms with Crippen LogP contribution in [-0.4, -0.2) is 40.7 Å². The van der Waals surface area contributed by atoms with E-state index in [1.807, 2.05) is 54.3 Å². The number of rotatable bonds is 5. The highest BCUT2D eigenvalue weighted by atomic mass is 35.5. The summed E-state index contributed by atoms with van der Waals surface area (Å²) < 4.78 is 5.80. The van der Waals surface area contributed by atoms with Crippen molar-refractivity contribution in [2.24, 2.45) is 4.99 Å².